The molecule has 0 spiro atoms. The Morgan fingerprint density at radius 3 is 2.57 bits per heavy atom. The van der Waals surface area contributed by atoms with E-state index in [-0.39, 0.29) is 6.61 Å². The van der Waals surface area contributed by atoms with Crippen LogP contribution in [0, 0.1) is 0 Å². The van der Waals surface area contributed by atoms with E-state index >= 15 is 0 Å². The van der Waals surface area contributed by atoms with E-state index in [4.69, 9.17) is 4.74 Å². The van der Waals surface area contributed by atoms with Crippen LogP contribution >= 0.6 is 0 Å². The minimum absolute atomic E-state index is 0.382. The van der Waals surface area contributed by atoms with Crippen molar-refractivity contribution in [3.05, 3.63) is 35.4 Å². The molecular weight excluding hydrogens is 270 g/mol. The molecule has 1 aliphatic heterocycles. The van der Waals surface area contributed by atoms with Crippen molar-refractivity contribution in [3.8, 4) is 0 Å². The van der Waals surface area contributed by atoms with E-state index in [1.807, 2.05) is 24.3 Å². The number of fused-ring (bicyclic) bond motifs is 1. The summed E-state index contributed by atoms with van der Waals surface area (Å²) in [6, 6.07) is 7.34. The maximum absolute atomic E-state index is 12.4. The predicted molar refractivity (Wildman–Crippen MR) is 78.8 cm³/mol. The molecule has 0 bridgehead atoms. The predicted octanol–water partition coefficient (Wildman–Crippen LogP) is 1.70. The van der Waals surface area contributed by atoms with Crippen LogP contribution in [-0.2, 0) is 17.7 Å². The normalized spacial score (nSPS) is 19.9. The highest BCUT2D eigenvalue weighted by Crippen LogP contribution is 2.26. The number of hydrogen-bond donors (Lipinski definition) is 2. The molecule has 1 amide bonds. The first kappa shape index (κ1) is 15.8. The Kier molecular flexibility index (Phi) is 4.54. The van der Waals surface area contributed by atoms with Gasteiger partial charge in [-0.25, -0.2) is 4.79 Å². The van der Waals surface area contributed by atoms with Crippen LogP contribution in [0.1, 0.15) is 31.9 Å². The largest absolute Gasteiger partial charge is 0.444 e. The van der Waals surface area contributed by atoms with Crippen LogP contribution in [0.2, 0.25) is 0 Å². The van der Waals surface area contributed by atoms with E-state index < -0.39 is 23.8 Å². The molecule has 1 heterocycles. The zero-order valence-electron chi connectivity index (χ0n) is 12.7. The minimum Gasteiger partial charge on any atom is -0.444 e. The summed E-state index contributed by atoms with van der Waals surface area (Å²) in [5.41, 5.74) is 1.54. The number of aliphatic hydroxyl groups excluding tert-OH is 2. The van der Waals surface area contributed by atoms with Gasteiger partial charge in [0.25, 0.3) is 0 Å². The Morgan fingerprint density at radius 2 is 2.00 bits per heavy atom. The van der Waals surface area contributed by atoms with Crippen molar-refractivity contribution in [1.82, 2.24) is 4.90 Å². The number of carbonyl (C=O) groups excluding carboxylic acids is 1. The molecule has 2 rings (SSSR count). The quantitative estimate of drug-likeness (QED) is 0.871. The maximum atomic E-state index is 12.4. The Bertz CT molecular complexity index is 509. The summed E-state index contributed by atoms with van der Waals surface area (Å²) >= 11 is 0. The lowest BCUT2D eigenvalue weighted by Gasteiger charge is -2.39. The number of hydrogen-bond acceptors (Lipinski definition) is 4. The minimum atomic E-state index is -0.981. The zero-order chi connectivity index (χ0) is 15.6. The Morgan fingerprint density at radius 1 is 1.38 bits per heavy atom. The Balaban J connectivity index is 2.26. The van der Waals surface area contributed by atoms with Gasteiger partial charge in [-0.3, -0.25) is 4.90 Å². The summed E-state index contributed by atoms with van der Waals surface area (Å²) in [6.07, 6.45) is -0.933. The van der Waals surface area contributed by atoms with Gasteiger partial charge in [-0.2, -0.15) is 0 Å². The lowest BCUT2D eigenvalue weighted by atomic mass is 9.91. The molecule has 0 fully saturated rings. The Hall–Kier alpha value is -1.59. The van der Waals surface area contributed by atoms with Crippen LogP contribution in [-0.4, -0.2) is 45.6 Å². The van der Waals surface area contributed by atoms with E-state index in [2.05, 4.69) is 0 Å². The number of nitrogens with zero attached hydrogens (tertiary/aromatic N) is 1. The summed E-state index contributed by atoms with van der Waals surface area (Å²) in [5.74, 6) is 0. The first-order valence-electron chi connectivity index (χ1n) is 7.17. The van der Waals surface area contributed by atoms with Gasteiger partial charge in [-0.05, 0) is 38.3 Å². The highest BCUT2D eigenvalue weighted by molar-refractivity contribution is 5.69. The molecule has 5 nitrogen and oxygen atoms in total. The lowest BCUT2D eigenvalue weighted by molar-refractivity contribution is -0.0243. The van der Waals surface area contributed by atoms with Crippen LogP contribution in [0.25, 0.3) is 0 Å². The fraction of sp³-hybridized carbons (Fsp3) is 0.562. The monoisotopic (exact) mass is 293 g/mol. The third-order valence-electron chi connectivity index (χ3n) is 3.55. The molecule has 0 radical (unpaired) electrons. The molecule has 0 saturated carbocycles. The van der Waals surface area contributed by atoms with Crippen molar-refractivity contribution in [1.29, 1.82) is 0 Å². The Labute approximate surface area is 125 Å². The molecule has 0 aromatic heterocycles. The molecule has 0 aliphatic carbocycles. The number of rotatable bonds is 2. The van der Waals surface area contributed by atoms with Gasteiger partial charge in [-0.15, -0.1) is 0 Å². The summed E-state index contributed by atoms with van der Waals surface area (Å²) < 4.78 is 5.41. The number of ether oxygens (including phenoxy) is 1. The molecule has 21 heavy (non-hydrogen) atoms. The van der Waals surface area contributed by atoms with Gasteiger partial charge < -0.3 is 14.9 Å². The van der Waals surface area contributed by atoms with Crippen molar-refractivity contribution >= 4 is 6.09 Å². The highest BCUT2D eigenvalue weighted by atomic mass is 16.6. The molecule has 1 aromatic carbocycles. The van der Waals surface area contributed by atoms with Gasteiger partial charge in [0.15, 0.2) is 0 Å². The van der Waals surface area contributed by atoms with E-state index in [0.29, 0.717) is 13.0 Å². The number of benzene rings is 1. The van der Waals surface area contributed by atoms with Gasteiger partial charge >= 0.3 is 6.09 Å². The number of carbonyl (C=O) groups is 1. The summed E-state index contributed by atoms with van der Waals surface area (Å²) in [4.78, 5) is 13.9. The van der Waals surface area contributed by atoms with E-state index in [0.717, 1.165) is 11.1 Å². The molecule has 116 valence electrons. The molecule has 0 unspecified atom stereocenters. The summed E-state index contributed by atoms with van der Waals surface area (Å²) in [7, 11) is 0. The molecule has 5 heteroatoms. The smallest absolute Gasteiger partial charge is 0.410 e. The molecular formula is C16H23NO4. The van der Waals surface area contributed by atoms with E-state index in [9.17, 15) is 15.0 Å². The van der Waals surface area contributed by atoms with Crippen molar-refractivity contribution in [3.63, 3.8) is 0 Å². The average molecular weight is 293 g/mol. The summed E-state index contributed by atoms with van der Waals surface area (Å²) in [6.45, 7) is 5.42. The molecule has 1 aromatic rings. The fourth-order valence-electron chi connectivity index (χ4n) is 2.53. The lowest BCUT2D eigenvalue weighted by Crippen LogP contribution is -2.52. The van der Waals surface area contributed by atoms with Gasteiger partial charge in [0.1, 0.15) is 5.60 Å². The van der Waals surface area contributed by atoms with Gasteiger partial charge in [0.05, 0.1) is 18.8 Å². The topological polar surface area (TPSA) is 70.0 Å². The molecule has 2 N–H and O–H groups in total. The second-order valence-corrected chi connectivity index (χ2v) is 6.40. The van der Waals surface area contributed by atoms with Crippen LogP contribution in [0.5, 0.6) is 0 Å². The maximum Gasteiger partial charge on any atom is 0.410 e. The average Bonchev–Trinajstić information content (AvgIpc) is 2.43. The highest BCUT2D eigenvalue weighted by Gasteiger charge is 2.36. The fourth-order valence-corrected chi connectivity index (χ4v) is 2.53. The van der Waals surface area contributed by atoms with Gasteiger partial charge in [0.2, 0.25) is 0 Å². The second kappa shape index (κ2) is 6.03. The molecule has 0 saturated heterocycles. The molecule has 2 atom stereocenters. The van der Waals surface area contributed by atoms with Crippen LogP contribution in [0.4, 0.5) is 4.79 Å². The van der Waals surface area contributed by atoms with Crippen LogP contribution < -0.4 is 0 Å². The van der Waals surface area contributed by atoms with Gasteiger partial charge in [-0.1, -0.05) is 24.3 Å². The van der Waals surface area contributed by atoms with Crippen molar-refractivity contribution in [2.75, 3.05) is 6.61 Å². The first-order valence-corrected chi connectivity index (χ1v) is 7.17. The molecule has 1 aliphatic rings. The number of aliphatic hydroxyl groups is 2. The van der Waals surface area contributed by atoms with Crippen molar-refractivity contribution in [2.24, 2.45) is 0 Å². The van der Waals surface area contributed by atoms with Crippen LogP contribution in [0.3, 0.4) is 0 Å². The number of amides is 1. The van der Waals surface area contributed by atoms with Crippen molar-refractivity contribution < 1.29 is 19.7 Å². The van der Waals surface area contributed by atoms with Crippen LogP contribution in [0.15, 0.2) is 24.3 Å². The third kappa shape index (κ3) is 3.74. The summed E-state index contributed by atoms with van der Waals surface area (Å²) in [5, 5.41) is 19.3. The SMILES string of the molecule is CC(C)(C)OC(=O)N1Cc2ccccc2C[C@H]1[C@@H](O)CO. The van der Waals surface area contributed by atoms with E-state index in [1.165, 1.54) is 4.90 Å². The second-order valence-electron chi connectivity index (χ2n) is 6.40. The first-order chi connectivity index (χ1) is 9.81. The zero-order valence-corrected chi connectivity index (χ0v) is 12.7. The van der Waals surface area contributed by atoms with Gasteiger partial charge in [0, 0.05) is 6.54 Å². The van der Waals surface area contributed by atoms with Crippen molar-refractivity contribution in [2.45, 2.75) is 51.5 Å². The van der Waals surface area contributed by atoms with E-state index in [1.54, 1.807) is 20.8 Å². The standard InChI is InChI=1S/C16H23NO4/c1-16(2,3)21-15(20)17-9-12-7-5-4-6-11(12)8-13(17)14(19)10-18/h4-7,13-14,18-19H,8-10H2,1-3H3/t13-,14-/m0/s1. The third-order valence-corrected chi connectivity index (χ3v) is 3.55.